The number of aryl methyl sites for hydroxylation is 1. The van der Waals surface area contributed by atoms with Gasteiger partial charge < -0.3 is 19.7 Å². The van der Waals surface area contributed by atoms with Crippen LogP contribution in [0.25, 0.3) is 0 Å². The Bertz CT molecular complexity index is 1530. The monoisotopic (exact) mass is 649 g/mol. The van der Waals surface area contributed by atoms with Gasteiger partial charge in [0.1, 0.15) is 12.6 Å². The molecule has 0 bridgehead atoms. The van der Waals surface area contributed by atoms with Crippen LogP contribution in [0.15, 0.2) is 65.6 Å². The molecule has 0 radical (unpaired) electrons. The summed E-state index contributed by atoms with van der Waals surface area (Å²) in [7, 11) is -1.47. The van der Waals surface area contributed by atoms with Crippen molar-refractivity contribution in [3.63, 3.8) is 0 Å². The van der Waals surface area contributed by atoms with Crippen LogP contribution in [0.2, 0.25) is 10.0 Å². The lowest BCUT2D eigenvalue weighted by Crippen LogP contribution is -2.52. The summed E-state index contributed by atoms with van der Waals surface area (Å²) >= 11 is 12.9. The number of hydrogen-bond acceptors (Lipinski definition) is 6. The fraction of sp³-hybridized carbons (Fsp3) is 0.355. The lowest BCUT2D eigenvalue weighted by Gasteiger charge is -2.33. The van der Waals surface area contributed by atoms with Gasteiger partial charge in [-0.2, -0.15) is 0 Å². The Morgan fingerprint density at radius 1 is 0.930 bits per heavy atom. The molecule has 0 saturated heterocycles. The fourth-order valence-electron chi connectivity index (χ4n) is 4.25. The van der Waals surface area contributed by atoms with Gasteiger partial charge in [0, 0.05) is 34.3 Å². The van der Waals surface area contributed by atoms with Gasteiger partial charge in [-0.1, -0.05) is 53.9 Å². The minimum absolute atomic E-state index is 0.109. The molecule has 0 aliphatic heterocycles. The summed E-state index contributed by atoms with van der Waals surface area (Å²) in [5.74, 6) is -0.463. The largest absolute Gasteiger partial charge is 0.493 e. The average molecular weight is 651 g/mol. The summed E-state index contributed by atoms with van der Waals surface area (Å²) in [6.45, 7) is 6.51. The van der Waals surface area contributed by atoms with Crippen molar-refractivity contribution < 1.29 is 27.5 Å². The number of benzene rings is 3. The Balaban J connectivity index is 2.10. The Labute approximate surface area is 263 Å². The van der Waals surface area contributed by atoms with Crippen molar-refractivity contribution in [3.05, 3.63) is 81.8 Å². The van der Waals surface area contributed by atoms with Crippen molar-refractivity contribution in [2.45, 2.75) is 57.6 Å². The lowest BCUT2D eigenvalue weighted by molar-refractivity contribution is -0.139. The number of methoxy groups -OCH3 is 2. The maximum atomic E-state index is 14.1. The summed E-state index contributed by atoms with van der Waals surface area (Å²) in [6, 6.07) is 14.8. The third-order valence-corrected chi connectivity index (χ3v) is 9.58. The van der Waals surface area contributed by atoms with E-state index in [0.717, 1.165) is 9.87 Å². The van der Waals surface area contributed by atoms with Gasteiger partial charge in [-0.15, -0.1) is 0 Å². The van der Waals surface area contributed by atoms with E-state index in [1.165, 1.54) is 37.3 Å². The molecule has 43 heavy (non-hydrogen) atoms. The Hall–Kier alpha value is -3.47. The Morgan fingerprint density at radius 3 is 2.09 bits per heavy atom. The first kappa shape index (κ1) is 34.0. The molecule has 3 aromatic rings. The molecule has 0 heterocycles. The van der Waals surface area contributed by atoms with Crippen molar-refractivity contribution in [1.29, 1.82) is 0 Å². The van der Waals surface area contributed by atoms with Gasteiger partial charge >= 0.3 is 0 Å². The average Bonchev–Trinajstić information content (AvgIpc) is 2.99. The van der Waals surface area contributed by atoms with Crippen LogP contribution < -0.4 is 19.1 Å². The molecule has 0 aliphatic rings. The maximum absolute atomic E-state index is 14.1. The van der Waals surface area contributed by atoms with Gasteiger partial charge in [-0.3, -0.25) is 13.9 Å². The van der Waals surface area contributed by atoms with Gasteiger partial charge in [0.2, 0.25) is 11.8 Å². The molecule has 2 atom stereocenters. The smallest absolute Gasteiger partial charge is 0.264 e. The Morgan fingerprint density at radius 2 is 1.53 bits per heavy atom. The van der Waals surface area contributed by atoms with E-state index in [4.69, 9.17) is 32.7 Å². The second-order valence-electron chi connectivity index (χ2n) is 10.1. The van der Waals surface area contributed by atoms with Gasteiger partial charge in [0.15, 0.2) is 11.5 Å². The van der Waals surface area contributed by atoms with Crippen LogP contribution in [0.4, 0.5) is 5.69 Å². The van der Waals surface area contributed by atoms with Gasteiger partial charge in [-0.25, -0.2) is 8.42 Å². The van der Waals surface area contributed by atoms with Crippen molar-refractivity contribution in [2.75, 3.05) is 25.1 Å². The molecule has 0 aromatic heterocycles. The first-order chi connectivity index (χ1) is 20.3. The molecular weight excluding hydrogens is 613 g/mol. The van der Waals surface area contributed by atoms with E-state index < -0.39 is 34.4 Å². The zero-order valence-electron chi connectivity index (χ0n) is 25.1. The number of amides is 2. The number of carbonyl (C=O) groups is 2. The SMILES string of the molecule is CC[C@H](C)NC(=O)[C@H](C)N(Cc1c(Cl)cccc1Cl)C(=O)CN(c1ccc(C)cc1)S(=O)(=O)c1ccc(OC)c(OC)c1. The van der Waals surface area contributed by atoms with E-state index in [9.17, 15) is 18.0 Å². The standard InChI is InChI=1S/C31H37Cl2N3O6S/c1-7-21(3)34-31(38)22(4)35(18-25-26(32)9-8-10-27(25)33)30(37)19-36(23-13-11-20(2)12-14-23)43(39,40)24-15-16-28(41-5)29(17-24)42-6/h8-17,21-22H,7,18-19H2,1-6H3,(H,34,38)/t21-,22-/m0/s1. The summed E-state index contributed by atoms with van der Waals surface area (Å²) in [5.41, 5.74) is 1.61. The normalized spacial score (nSPS) is 12.7. The number of halogens is 2. The predicted octanol–water partition coefficient (Wildman–Crippen LogP) is 5.85. The Kier molecular flexibility index (Phi) is 11.7. The second-order valence-corrected chi connectivity index (χ2v) is 12.8. The number of hydrogen-bond donors (Lipinski definition) is 1. The van der Waals surface area contributed by atoms with Crippen LogP contribution in [0.1, 0.15) is 38.3 Å². The van der Waals surface area contributed by atoms with Crippen LogP contribution in [0.3, 0.4) is 0 Å². The summed E-state index contributed by atoms with van der Waals surface area (Å²) < 4.78 is 39.9. The summed E-state index contributed by atoms with van der Waals surface area (Å²) in [5, 5.41) is 3.52. The van der Waals surface area contributed by atoms with Gasteiger partial charge in [0.05, 0.1) is 24.8 Å². The number of anilines is 1. The zero-order valence-corrected chi connectivity index (χ0v) is 27.4. The topological polar surface area (TPSA) is 105 Å². The van der Waals surface area contributed by atoms with Crippen LogP contribution in [0.5, 0.6) is 11.5 Å². The number of rotatable bonds is 13. The van der Waals surface area contributed by atoms with Crippen molar-refractivity contribution in [1.82, 2.24) is 10.2 Å². The molecule has 2 amide bonds. The molecule has 232 valence electrons. The summed E-state index contributed by atoms with van der Waals surface area (Å²) in [6.07, 6.45) is 0.688. The highest BCUT2D eigenvalue weighted by atomic mass is 35.5. The van der Waals surface area contributed by atoms with E-state index in [-0.39, 0.29) is 28.9 Å². The van der Waals surface area contributed by atoms with Gasteiger partial charge in [0.25, 0.3) is 10.0 Å². The number of ether oxygens (including phenoxy) is 2. The number of carbonyl (C=O) groups excluding carboxylic acids is 2. The first-order valence-electron chi connectivity index (χ1n) is 13.7. The molecule has 0 spiro atoms. The quantitative estimate of drug-likeness (QED) is 0.249. The third kappa shape index (κ3) is 8.13. The molecule has 9 nitrogen and oxygen atoms in total. The van der Waals surface area contributed by atoms with E-state index in [1.54, 1.807) is 49.4 Å². The highest BCUT2D eigenvalue weighted by molar-refractivity contribution is 7.92. The lowest BCUT2D eigenvalue weighted by atomic mass is 10.1. The number of nitrogens with zero attached hydrogens (tertiary/aromatic N) is 2. The van der Waals surface area contributed by atoms with Crippen LogP contribution >= 0.6 is 23.2 Å². The molecule has 0 unspecified atom stereocenters. The van der Waals surface area contributed by atoms with E-state index >= 15 is 0 Å². The first-order valence-corrected chi connectivity index (χ1v) is 15.9. The molecule has 1 N–H and O–H groups in total. The summed E-state index contributed by atoms with van der Waals surface area (Å²) in [4.78, 5) is 28.5. The minimum atomic E-state index is -4.31. The molecule has 3 aromatic carbocycles. The molecular formula is C31H37Cl2N3O6S. The highest BCUT2D eigenvalue weighted by Crippen LogP contribution is 2.33. The third-order valence-electron chi connectivity index (χ3n) is 7.10. The van der Waals surface area contributed by atoms with Crippen LogP contribution in [0, 0.1) is 6.92 Å². The molecule has 0 aliphatic carbocycles. The van der Waals surface area contributed by atoms with Gasteiger partial charge in [-0.05, 0) is 63.6 Å². The fourth-order valence-corrected chi connectivity index (χ4v) is 6.19. The van der Waals surface area contributed by atoms with E-state index in [0.29, 0.717) is 27.8 Å². The van der Waals surface area contributed by atoms with E-state index in [2.05, 4.69) is 5.32 Å². The predicted molar refractivity (Wildman–Crippen MR) is 170 cm³/mol. The molecule has 3 rings (SSSR count). The highest BCUT2D eigenvalue weighted by Gasteiger charge is 2.34. The molecule has 12 heteroatoms. The number of nitrogens with one attached hydrogen (secondary N) is 1. The zero-order chi connectivity index (χ0) is 31.9. The van der Waals surface area contributed by atoms with Crippen molar-refractivity contribution >= 4 is 50.7 Å². The van der Waals surface area contributed by atoms with Crippen molar-refractivity contribution in [3.8, 4) is 11.5 Å². The second kappa shape index (κ2) is 14.8. The molecule has 0 saturated carbocycles. The van der Waals surface area contributed by atoms with Crippen molar-refractivity contribution in [2.24, 2.45) is 0 Å². The molecule has 0 fully saturated rings. The number of sulfonamides is 1. The van der Waals surface area contributed by atoms with E-state index in [1.807, 2.05) is 20.8 Å². The minimum Gasteiger partial charge on any atom is -0.493 e. The van der Waals surface area contributed by atoms with Crippen LogP contribution in [-0.4, -0.2) is 58.0 Å². The maximum Gasteiger partial charge on any atom is 0.264 e. The van der Waals surface area contributed by atoms with Crippen LogP contribution in [-0.2, 0) is 26.2 Å².